The van der Waals surface area contributed by atoms with E-state index in [1.807, 2.05) is 84.9 Å². The highest BCUT2D eigenvalue weighted by Crippen LogP contribution is 2.17. The Hall–Kier alpha value is -2.87. The quantitative estimate of drug-likeness (QED) is 0.568. The predicted molar refractivity (Wildman–Crippen MR) is 96.3 cm³/mol. The van der Waals surface area contributed by atoms with Crippen LogP contribution in [0.4, 0.5) is 0 Å². The fourth-order valence-corrected chi connectivity index (χ4v) is 2.55. The molecule has 0 N–H and O–H groups in total. The van der Waals surface area contributed by atoms with Gasteiger partial charge in [0.25, 0.3) is 0 Å². The smallest absolute Gasteiger partial charge is 0.163 e. The molecule has 0 heterocycles. The number of carbonyl (C=O) groups is 1. The van der Waals surface area contributed by atoms with Gasteiger partial charge < -0.3 is 4.74 Å². The van der Waals surface area contributed by atoms with E-state index < -0.39 is 0 Å². The molecule has 3 aromatic rings. The van der Waals surface area contributed by atoms with Gasteiger partial charge in [0.2, 0.25) is 0 Å². The van der Waals surface area contributed by atoms with Crippen LogP contribution in [-0.4, -0.2) is 5.78 Å². The summed E-state index contributed by atoms with van der Waals surface area (Å²) >= 11 is 0. The van der Waals surface area contributed by atoms with Crippen LogP contribution < -0.4 is 4.74 Å². The van der Waals surface area contributed by atoms with E-state index in [1.165, 1.54) is 5.56 Å². The van der Waals surface area contributed by atoms with Gasteiger partial charge in [-0.05, 0) is 29.7 Å². The highest BCUT2D eigenvalue weighted by molar-refractivity contribution is 5.96. The monoisotopic (exact) mass is 316 g/mol. The number of rotatable bonds is 7. The fraction of sp³-hybridized carbons (Fsp3) is 0.136. The van der Waals surface area contributed by atoms with Gasteiger partial charge in [0.05, 0.1) is 0 Å². The van der Waals surface area contributed by atoms with Crippen molar-refractivity contribution >= 4 is 5.78 Å². The van der Waals surface area contributed by atoms with Crippen LogP contribution in [0.25, 0.3) is 0 Å². The number of carbonyl (C=O) groups excluding carboxylic acids is 1. The molecule has 0 aliphatic carbocycles. The lowest BCUT2D eigenvalue weighted by atomic mass is 10.0. The highest BCUT2D eigenvalue weighted by Gasteiger charge is 2.07. The van der Waals surface area contributed by atoms with Crippen molar-refractivity contribution in [2.24, 2.45) is 0 Å². The maximum atomic E-state index is 12.4. The van der Waals surface area contributed by atoms with Crippen LogP contribution in [0.3, 0.4) is 0 Å². The number of hydrogen-bond acceptors (Lipinski definition) is 2. The third-order valence-corrected chi connectivity index (χ3v) is 3.89. The zero-order valence-electron chi connectivity index (χ0n) is 13.5. The fourth-order valence-electron chi connectivity index (χ4n) is 2.55. The van der Waals surface area contributed by atoms with Crippen LogP contribution in [0.1, 0.15) is 27.9 Å². The Kier molecular flexibility index (Phi) is 5.41. The summed E-state index contributed by atoms with van der Waals surface area (Å²) in [5.41, 5.74) is 3.00. The first kappa shape index (κ1) is 16.0. The molecule has 0 saturated carbocycles. The van der Waals surface area contributed by atoms with Crippen molar-refractivity contribution in [1.29, 1.82) is 0 Å². The highest BCUT2D eigenvalue weighted by atomic mass is 16.5. The summed E-state index contributed by atoms with van der Waals surface area (Å²) in [7, 11) is 0. The molecule has 0 radical (unpaired) electrons. The first-order valence-corrected chi connectivity index (χ1v) is 8.15. The largest absolute Gasteiger partial charge is 0.489 e. The molecule has 24 heavy (non-hydrogen) atoms. The summed E-state index contributed by atoms with van der Waals surface area (Å²) < 4.78 is 5.79. The number of ketones is 1. The number of Topliss-reactive ketones (excluding diaryl/α,β-unsaturated/α-hetero) is 1. The van der Waals surface area contributed by atoms with Crippen molar-refractivity contribution in [1.82, 2.24) is 0 Å². The predicted octanol–water partition coefficient (Wildman–Crippen LogP) is 5.08. The van der Waals surface area contributed by atoms with Crippen molar-refractivity contribution < 1.29 is 9.53 Å². The zero-order chi connectivity index (χ0) is 16.6. The number of ether oxygens (including phenoxy) is 1. The summed E-state index contributed by atoms with van der Waals surface area (Å²) in [6.07, 6.45) is 1.26. The van der Waals surface area contributed by atoms with Crippen LogP contribution in [0.5, 0.6) is 5.75 Å². The SMILES string of the molecule is O=C(CCc1ccccc1)c1cccc(OCc2ccccc2)c1. The van der Waals surface area contributed by atoms with E-state index in [4.69, 9.17) is 4.74 Å². The molecule has 0 aliphatic rings. The normalized spacial score (nSPS) is 10.3. The van der Waals surface area contributed by atoms with Gasteiger partial charge in [-0.2, -0.15) is 0 Å². The van der Waals surface area contributed by atoms with E-state index in [9.17, 15) is 4.79 Å². The van der Waals surface area contributed by atoms with Gasteiger partial charge in [-0.15, -0.1) is 0 Å². The summed E-state index contributed by atoms with van der Waals surface area (Å²) in [5, 5.41) is 0. The molecule has 0 aliphatic heterocycles. The van der Waals surface area contributed by atoms with Gasteiger partial charge >= 0.3 is 0 Å². The lowest BCUT2D eigenvalue weighted by Gasteiger charge is -2.08. The lowest BCUT2D eigenvalue weighted by Crippen LogP contribution is -2.02. The van der Waals surface area contributed by atoms with E-state index in [0.29, 0.717) is 18.6 Å². The topological polar surface area (TPSA) is 26.3 Å². The van der Waals surface area contributed by atoms with Gasteiger partial charge in [-0.25, -0.2) is 0 Å². The van der Waals surface area contributed by atoms with Crippen molar-refractivity contribution in [2.75, 3.05) is 0 Å². The molecule has 0 unspecified atom stereocenters. The van der Waals surface area contributed by atoms with Crippen LogP contribution in [0.15, 0.2) is 84.9 Å². The van der Waals surface area contributed by atoms with Crippen LogP contribution in [-0.2, 0) is 13.0 Å². The molecule has 0 saturated heterocycles. The van der Waals surface area contributed by atoms with Gasteiger partial charge in [0.1, 0.15) is 12.4 Å². The molecule has 120 valence electrons. The van der Waals surface area contributed by atoms with Gasteiger partial charge in [-0.1, -0.05) is 72.8 Å². The molecule has 0 bridgehead atoms. The summed E-state index contributed by atoms with van der Waals surface area (Å²) in [6, 6.07) is 27.5. The van der Waals surface area contributed by atoms with E-state index in [0.717, 1.165) is 17.7 Å². The maximum Gasteiger partial charge on any atom is 0.163 e. The molecule has 3 aromatic carbocycles. The molecular formula is C22H20O2. The van der Waals surface area contributed by atoms with Crippen molar-refractivity contribution in [3.8, 4) is 5.75 Å². The third kappa shape index (κ3) is 4.56. The summed E-state index contributed by atoms with van der Waals surface area (Å²) in [4.78, 5) is 12.4. The Morgan fingerprint density at radius 2 is 1.42 bits per heavy atom. The second-order valence-corrected chi connectivity index (χ2v) is 5.71. The van der Waals surface area contributed by atoms with E-state index >= 15 is 0 Å². The van der Waals surface area contributed by atoms with E-state index in [-0.39, 0.29) is 5.78 Å². The average Bonchev–Trinajstić information content (AvgIpc) is 2.66. The van der Waals surface area contributed by atoms with Crippen molar-refractivity contribution in [2.45, 2.75) is 19.4 Å². The zero-order valence-corrected chi connectivity index (χ0v) is 13.5. The Morgan fingerprint density at radius 3 is 2.12 bits per heavy atom. The average molecular weight is 316 g/mol. The first-order valence-electron chi connectivity index (χ1n) is 8.15. The summed E-state index contributed by atoms with van der Waals surface area (Å²) in [5.74, 6) is 0.869. The number of benzene rings is 3. The molecule has 0 atom stereocenters. The molecular weight excluding hydrogens is 296 g/mol. The minimum Gasteiger partial charge on any atom is -0.489 e. The van der Waals surface area contributed by atoms with Crippen LogP contribution >= 0.6 is 0 Å². The van der Waals surface area contributed by atoms with Crippen molar-refractivity contribution in [3.63, 3.8) is 0 Å². The van der Waals surface area contributed by atoms with Crippen LogP contribution in [0, 0.1) is 0 Å². The lowest BCUT2D eigenvalue weighted by molar-refractivity contribution is 0.0982. The van der Waals surface area contributed by atoms with Crippen molar-refractivity contribution in [3.05, 3.63) is 102 Å². The molecule has 0 aromatic heterocycles. The molecule has 0 spiro atoms. The second kappa shape index (κ2) is 8.11. The Morgan fingerprint density at radius 1 is 0.750 bits per heavy atom. The number of hydrogen-bond donors (Lipinski definition) is 0. The third-order valence-electron chi connectivity index (χ3n) is 3.89. The molecule has 2 heteroatoms. The molecule has 2 nitrogen and oxygen atoms in total. The van der Waals surface area contributed by atoms with Gasteiger partial charge in [0.15, 0.2) is 5.78 Å². The minimum absolute atomic E-state index is 0.143. The van der Waals surface area contributed by atoms with Gasteiger partial charge in [-0.3, -0.25) is 4.79 Å². The Labute approximate surface area is 142 Å². The second-order valence-electron chi connectivity index (χ2n) is 5.71. The standard InChI is InChI=1S/C22H20O2/c23-22(15-14-18-8-3-1-4-9-18)20-12-7-13-21(16-20)24-17-19-10-5-2-6-11-19/h1-13,16H,14-15,17H2. The Balaban J connectivity index is 1.59. The van der Waals surface area contributed by atoms with Crippen LogP contribution in [0.2, 0.25) is 0 Å². The first-order chi connectivity index (χ1) is 11.8. The molecule has 0 fully saturated rings. The molecule has 0 amide bonds. The summed E-state index contributed by atoms with van der Waals surface area (Å²) in [6.45, 7) is 0.502. The van der Waals surface area contributed by atoms with E-state index in [2.05, 4.69) is 0 Å². The minimum atomic E-state index is 0.143. The Bertz CT molecular complexity index is 779. The number of aryl methyl sites for hydroxylation is 1. The van der Waals surface area contributed by atoms with E-state index in [1.54, 1.807) is 0 Å². The molecule has 3 rings (SSSR count). The van der Waals surface area contributed by atoms with Gasteiger partial charge in [0, 0.05) is 12.0 Å². The maximum absolute atomic E-state index is 12.4.